The van der Waals surface area contributed by atoms with Gasteiger partial charge in [-0.3, -0.25) is 4.79 Å². The highest BCUT2D eigenvalue weighted by atomic mass is 19.4. The van der Waals surface area contributed by atoms with E-state index in [9.17, 15) is 31.1 Å². The Balaban J connectivity index is 2.00. The van der Waals surface area contributed by atoms with E-state index in [1.54, 1.807) is 18.2 Å². The van der Waals surface area contributed by atoms with Crippen LogP contribution < -0.4 is 5.73 Å². The van der Waals surface area contributed by atoms with Gasteiger partial charge in [-0.05, 0) is 53.6 Å². The number of hydrogen-bond acceptors (Lipinski definition) is 2. The highest BCUT2D eigenvalue weighted by Gasteiger charge is 2.38. The monoisotopic (exact) mass is 479 g/mol. The molecule has 2 N–H and O–H groups in total. The molecule has 0 spiro atoms. The van der Waals surface area contributed by atoms with Crippen molar-refractivity contribution < 1.29 is 35.9 Å². The number of ether oxygens (including phenoxy) is 1. The molecule has 0 aliphatic heterocycles. The first-order chi connectivity index (χ1) is 15.9. The van der Waals surface area contributed by atoms with E-state index in [0.717, 1.165) is 6.07 Å². The van der Waals surface area contributed by atoms with E-state index in [1.165, 1.54) is 23.8 Å². The Bertz CT molecular complexity index is 1400. The second-order valence-corrected chi connectivity index (χ2v) is 7.72. The lowest BCUT2D eigenvalue weighted by Crippen LogP contribution is -2.15. The predicted octanol–water partition coefficient (Wildman–Crippen LogP) is 5.93. The van der Waals surface area contributed by atoms with Crippen LogP contribution in [0.15, 0.2) is 48.5 Å². The summed E-state index contributed by atoms with van der Waals surface area (Å²) in [5.74, 6) is -0.732. The number of rotatable bonds is 5. The van der Waals surface area contributed by atoms with Crippen LogP contribution in [0.5, 0.6) is 0 Å². The van der Waals surface area contributed by atoms with Crippen LogP contribution in [-0.4, -0.2) is 17.6 Å². The molecule has 0 bridgehead atoms. The number of amides is 1. The summed E-state index contributed by atoms with van der Waals surface area (Å²) >= 11 is 0. The summed E-state index contributed by atoms with van der Waals surface area (Å²) in [5.41, 5.74) is 4.02. The summed E-state index contributed by atoms with van der Waals surface area (Å²) in [4.78, 5) is 12.0. The van der Waals surface area contributed by atoms with Crippen LogP contribution in [-0.2, 0) is 30.2 Å². The second-order valence-electron chi connectivity index (χ2n) is 7.72. The van der Waals surface area contributed by atoms with Gasteiger partial charge in [-0.2, -0.15) is 26.3 Å². The molecular weight excluding hydrogens is 462 g/mol. The fourth-order valence-electron chi connectivity index (χ4n) is 4.05. The molecule has 4 aromatic rings. The molecule has 1 aromatic heterocycles. The fourth-order valence-corrected chi connectivity index (χ4v) is 4.05. The zero-order valence-electron chi connectivity index (χ0n) is 17.6. The molecule has 4 nitrogen and oxygen atoms in total. The minimum atomic E-state index is -5.01. The number of aromatic nitrogens is 1. The normalized spacial score (nSPS) is 12.6. The summed E-state index contributed by atoms with van der Waals surface area (Å²) in [6, 6.07) is 12.5. The van der Waals surface area contributed by atoms with Crippen molar-refractivity contribution in [2.45, 2.75) is 25.5 Å². The molecule has 0 aliphatic carbocycles. The minimum absolute atomic E-state index is 0.112. The Morgan fingerprint density at radius 1 is 1.03 bits per heavy atom. The number of hydrogen-bond donors (Lipinski definition) is 1. The van der Waals surface area contributed by atoms with Crippen molar-refractivity contribution in [3.8, 4) is 0 Å². The summed E-state index contributed by atoms with van der Waals surface area (Å²) in [5, 5.41) is 0.846. The first-order valence-corrected chi connectivity index (χ1v) is 9.93. The van der Waals surface area contributed by atoms with Crippen molar-refractivity contribution >= 4 is 27.7 Å². The van der Waals surface area contributed by atoms with Crippen molar-refractivity contribution in [2.24, 2.45) is 5.73 Å². The SMILES string of the molecule is COCc1c[c]c2c3c(C(N)=O)cccc3n(Cc3ccc(C(F)(F)F)cc3C(F)(F)F)c2c1. The van der Waals surface area contributed by atoms with Gasteiger partial charge in [0.05, 0.1) is 28.8 Å². The summed E-state index contributed by atoms with van der Waals surface area (Å²) < 4.78 is 87.1. The number of fused-ring (bicyclic) bond motifs is 3. The maximum Gasteiger partial charge on any atom is 0.416 e. The Morgan fingerprint density at radius 3 is 2.38 bits per heavy atom. The molecule has 177 valence electrons. The number of carbonyl (C=O) groups is 1. The summed E-state index contributed by atoms with van der Waals surface area (Å²) in [7, 11) is 1.47. The van der Waals surface area contributed by atoms with Crippen LogP contribution in [0.3, 0.4) is 0 Å². The van der Waals surface area contributed by atoms with E-state index in [2.05, 4.69) is 6.07 Å². The number of alkyl halides is 6. The number of nitrogens with two attached hydrogens (primary N) is 1. The lowest BCUT2D eigenvalue weighted by molar-refractivity contribution is -0.143. The fraction of sp³-hybridized carbons (Fsp3) is 0.208. The number of carbonyl (C=O) groups excluding carboxylic acids is 1. The molecule has 0 saturated carbocycles. The van der Waals surface area contributed by atoms with Gasteiger partial charge < -0.3 is 15.0 Å². The number of halogens is 6. The lowest BCUT2D eigenvalue weighted by Gasteiger charge is -2.17. The third-order valence-electron chi connectivity index (χ3n) is 5.50. The van der Waals surface area contributed by atoms with Crippen LogP contribution >= 0.6 is 0 Å². The van der Waals surface area contributed by atoms with Gasteiger partial charge in [0.25, 0.3) is 0 Å². The topological polar surface area (TPSA) is 57.2 Å². The van der Waals surface area contributed by atoms with Gasteiger partial charge in [0, 0.05) is 30.0 Å². The van der Waals surface area contributed by atoms with Gasteiger partial charge in [-0.25, -0.2) is 0 Å². The smallest absolute Gasteiger partial charge is 0.380 e. The zero-order chi connectivity index (χ0) is 24.8. The van der Waals surface area contributed by atoms with Gasteiger partial charge in [0.15, 0.2) is 0 Å². The highest BCUT2D eigenvalue weighted by Crippen LogP contribution is 2.39. The average molecular weight is 479 g/mol. The Hall–Kier alpha value is -3.53. The molecular formula is C24H17F6N2O2. The summed E-state index contributed by atoms with van der Waals surface area (Å²) in [6.07, 6.45) is -9.94. The zero-order valence-corrected chi connectivity index (χ0v) is 17.6. The van der Waals surface area contributed by atoms with Crippen molar-refractivity contribution in [3.05, 3.63) is 82.4 Å². The first-order valence-electron chi connectivity index (χ1n) is 9.93. The second kappa shape index (κ2) is 8.35. The van der Waals surface area contributed by atoms with E-state index in [1.807, 2.05) is 0 Å². The number of primary amides is 1. The molecule has 0 atom stereocenters. The van der Waals surface area contributed by atoms with Crippen molar-refractivity contribution in [2.75, 3.05) is 7.11 Å². The van der Waals surface area contributed by atoms with E-state index in [0.29, 0.717) is 33.4 Å². The molecule has 10 heteroatoms. The first kappa shape index (κ1) is 23.6. The molecule has 3 aromatic carbocycles. The maximum absolute atomic E-state index is 13.7. The Morgan fingerprint density at radius 2 is 1.76 bits per heavy atom. The molecule has 0 saturated heterocycles. The van der Waals surface area contributed by atoms with Gasteiger partial charge in [-0.15, -0.1) is 0 Å². The molecule has 1 heterocycles. The minimum Gasteiger partial charge on any atom is -0.380 e. The van der Waals surface area contributed by atoms with Gasteiger partial charge in [-0.1, -0.05) is 12.1 Å². The molecule has 4 rings (SSSR count). The van der Waals surface area contributed by atoms with Gasteiger partial charge >= 0.3 is 12.4 Å². The standard InChI is InChI=1S/C24H17F6N2O2/c1-34-12-13-5-8-16-20(9-13)32(19-4-2-3-17(21(16)19)22(31)33)11-14-6-7-15(23(25,26)27)10-18(14)24(28,29)30/h2-7,9-10H,11-12H2,1H3,(H2,31,33). The van der Waals surface area contributed by atoms with Crippen molar-refractivity contribution in [1.29, 1.82) is 0 Å². The predicted molar refractivity (Wildman–Crippen MR) is 113 cm³/mol. The van der Waals surface area contributed by atoms with E-state index in [-0.39, 0.29) is 23.8 Å². The molecule has 1 amide bonds. The van der Waals surface area contributed by atoms with Crippen LogP contribution in [0.4, 0.5) is 26.3 Å². The Labute approximate surface area is 189 Å². The molecule has 0 aliphatic rings. The quantitative estimate of drug-likeness (QED) is 0.361. The molecule has 0 unspecified atom stereocenters. The van der Waals surface area contributed by atoms with Crippen LogP contribution in [0, 0.1) is 6.07 Å². The largest absolute Gasteiger partial charge is 0.416 e. The average Bonchev–Trinajstić information content (AvgIpc) is 3.06. The van der Waals surface area contributed by atoms with E-state index < -0.39 is 35.9 Å². The highest BCUT2D eigenvalue weighted by molar-refractivity contribution is 6.17. The molecule has 1 radical (unpaired) electrons. The van der Waals surface area contributed by atoms with E-state index >= 15 is 0 Å². The molecule has 0 fully saturated rings. The van der Waals surface area contributed by atoms with Crippen LogP contribution in [0.25, 0.3) is 21.8 Å². The van der Waals surface area contributed by atoms with Crippen molar-refractivity contribution in [3.63, 3.8) is 0 Å². The lowest BCUT2D eigenvalue weighted by atomic mass is 10.0. The van der Waals surface area contributed by atoms with Crippen LogP contribution in [0.2, 0.25) is 0 Å². The van der Waals surface area contributed by atoms with Crippen molar-refractivity contribution in [1.82, 2.24) is 4.57 Å². The Kier molecular flexibility index (Phi) is 5.80. The number of benzene rings is 3. The number of nitrogens with zero attached hydrogens (tertiary/aromatic N) is 1. The van der Waals surface area contributed by atoms with Crippen LogP contribution in [0.1, 0.15) is 32.6 Å². The third-order valence-corrected chi connectivity index (χ3v) is 5.50. The molecule has 34 heavy (non-hydrogen) atoms. The number of methoxy groups -OCH3 is 1. The maximum atomic E-state index is 13.7. The van der Waals surface area contributed by atoms with E-state index in [4.69, 9.17) is 10.5 Å². The van der Waals surface area contributed by atoms with Gasteiger partial charge in [0.1, 0.15) is 0 Å². The summed E-state index contributed by atoms with van der Waals surface area (Å²) in [6.45, 7) is -0.204. The van der Waals surface area contributed by atoms with Gasteiger partial charge in [0.2, 0.25) is 5.91 Å². The third kappa shape index (κ3) is 4.21.